The van der Waals surface area contributed by atoms with Gasteiger partial charge in [-0.3, -0.25) is 0 Å². The lowest BCUT2D eigenvalue weighted by molar-refractivity contribution is 1.00. The number of aliphatic imine (C=N–C) groups is 2. The average molecular weight is 343 g/mol. The first-order valence-corrected chi connectivity index (χ1v) is 8.46. The van der Waals surface area contributed by atoms with Gasteiger partial charge in [0.2, 0.25) is 0 Å². The topological polar surface area (TPSA) is 63.4 Å². The number of hydrogen-bond acceptors (Lipinski definition) is 5. The quantitative estimate of drug-likeness (QED) is 0.641. The van der Waals surface area contributed by atoms with E-state index in [-0.39, 0.29) is 0 Å². The number of nitrogens with zero attached hydrogens (tertiary/aromatic N) is 5. The Labute approximate surface area is 153 Å². The van der Waals surface area contributed by atoms with E-state index in [1.54, 1.807) is 0 Å². The Morgan fingerprint density at radius 2 is 1.12 bits per heavy atom. The summed E-state index contributed by atoms with van der Waals surface area (Å²) in [6.07, 6.45) is 1.51. The molecule has 0 bridgehead atoms. The highest BCUT2D eigenvalue weighted by atomic mass is 15.0. The summed E-state index contributed by atoms with van der Waals surface area (Å²) in [6.45, 7) is 7.87. The van der Waals surface area contributed by atoms with Crippen molar-refractivity contribution < 1.29 is 0 Å². The van der Waals surface area contributed by atoms with Gasteiger partial charge in [-0.1, -0.05) is 36.4 Å². The van der Waals surface area contributed by atoms with Gasteiger partial charge < -0.3 is 0 Å². The van der Waals surface area contributed by atoms with E-state index in [2.05, 4.69) is 24.9 Å². The van der Waals surface area contributed by atoms with E-state index in [0.29, 0.717) is 11.6 Å². The Kier molecular flexibility index (Phi) is 5.27. The van der Waals surface area contributed by atoms with Crippen molar-refractivity contribution >= 4 is 22.8 Å². The summed E-state index contributed by atoms with van der Waals surface area (Å²) in [7, 11) is 0. The zero-order valence-corrected chi connectivity index (χ0v) is 15.4. The Morgan fingerprint density at radius 3 is 1.54 bits per heavy atom. The van der Waals surface area contributed by atoms with Crippen molar-refractivity contribution in [2.45, 2.75) is 27.7 Å². The first-order chi connectivity index (χ1) is 12.5. The second kappa shape index (κ2) is 7.78. The fraction of sp³-hybridized carbons (Fsp3) is 0.190. The van der Waals surface area contributed by atoms with Gasteiger partial charge in [0.1, 0.15) is 6.33 Å². The molecule has 0 atom stereocenters. The standard InChI is InChI=1S/C21H21N5/c1-14-9-5-7-11-18(14)24-16(3)20-22-13-23-21(26-20)17(4)25-19-12-8-6-10-15(19)2/h5-13H,1-4H3. The normalized spacial score (nSPS) is 12.3. The molecule has 0 amide bonds. The van der Waals surface area contributed by atoms with Gasteiger partial charge in [0.05, 0.1) is 22.8 Å². The van der Waals surface area contributed by atoms with E-state index in [1.165, 1.54) is 6.33 Å². The van der Waals surface area contributed by atoms with Crippen molar-refractivity contribution in [1.82, 2.24) is 15.0 Å². The maximum Gasteiger partial charge on any atom is 0.177 e. The predicted octanol–water partition coefficient (Wildman–Crippen LogP) is 4.77. The number of aryl methyl sites for hydroxylation is 2. The van der Waals surface area contributed by atoms with Crippen molar-refractivity contribution in [3.8, 4) is 0 Å². The number of aromatic nitrogens is 3. The van der Waals surface area contributed by atoms with Crippen LogP contribution in [0.4, 0.5) is 11.4 Å². The van der Waals surface area contributed by atoms with Crippen molar-refractivity contribution in [2.75, 3.05) is 0 Å². The molecule has 130 valence electrons. The molecular weight excluding hydrogens is 322 g/mol. The van der Waals surface area contributed by atoms with E-state index < -0.39 is 0 Å². The molecule has 0 N–H and O–H groups in total. The SMILES string of the molecule is CC(=Nc1ccccc1C)c1ncnc(C(C)=Nc2ccccc2C)n1. The van der Waals surface area contributed by atoms with Gasteiger partial charge in [-0.25, -0.2) is 24.9 Å². The maximum atomic E-state index is 4.65. The highest BCUT2D eigenvalue weighted by Crippen LogP contribution is 2.19. The Balaban J connectivity index is 1.93. The fourth-order valence-electron chi connectivity index (χ4n) is 2.48. The number of para-hydroxylation sites is 2. The van der Waals surface area contributed by atoms with Gasteiger partial charge in [-0.05, 0) is 51.0 Å². The molecule has 2 aromatic carbocycles. The molecule has 1 heterocycles. The van der Waals surface area contributed by atoms with Gasteiger partial charge in [0, 0.05) is 0 Å². The monoisotopic (exact) mass is 343 g/mol. The molecular formula is C21H21N5. The van der Waals surface area contributed by atoms with Crippen LogP contribution in [0.15, 0.2) is 64.8 Å². The molecule has 3 aromatic rings. The minimum atomic E-state index is 0.553. The molecule has 0 saturated heterocycles. The number of hydrogen-bond donors (Lipinski definition) is 0. The highest BCUT2D eigenvalue weighted by Gasteiger charge is 2.08. The lowest BCUT2D eigenvalue weighted by atomic mass is 10.2. The fourth-order valence-corrected chi connectivity index (χ4v) is 2.48. The second-order valence-corrected chi connectivity index (χ2v) is 6.10. The maximum absolute atomic E-state index is 4.65. The van der Waals surface area contributed by atoms with Crippen molar-refractivity contribution in [2.24, 2.45) is 9.98 Å². The molecule has 0 aliphatic carbocycles. The van der Waals surface area contributed by atoms with Crippen LogP contribution in [-0.4, -0.2) is 26.4 Å². The van der Waals surface area contributed by atoms with Crippen LogP contribution in [0.3, 0.4) is 0 Å². The summed E-state index contributed by atoms with van der Waals surface area (Å²) in [4.78, 5) is 22.4. The molecule has 26 heavy (non-hydrogen) atoms. The first-order valence-electron chi connectivity index (χ1n) is 8.46. The van der Waals surface area contributed by atoms with Gasteiger partial charge in [0.15, 0.2) is 11.6 Å². The third kappa shape index (κ3) is 4.06. The van der Waals surface area contributed by atoms with Crippen molar-refractivity contribution in [1.29, 1.82) is 0 Å². The van der Waals surface area contributed by atoms with Crippen LogP contribution in [0.1, 0.15) is 36.6 Å². The summed E-state index contributed by atoms with van der Waals surface area (Å²) in [6, 6.07) is 16.0. The largest absolute Gasteiger partial charge is 0.250 e. The van der Waals surface area contributed by atoms with Crippen LogP contribution in [0.25, 0.3) is 0 Å². The predicted molar refractivity (Wildman–Crippen MR) is 106 cm³/mol. The first kappa shape index (κ1) is 17.6. The van der Waals surface area contributed by atoms with Gasteiger partial charge >= 0.3 is 0 Å². The summed E-state index contributed by atoms with van der Waals surface area (Å²) < 4.78 is 0. The van der Waals surface area contributed by atoms with Crippen molar-refractivity contribution in [3.63, 3.8) is 0 Å². The Hall–Kier alpha value is -3.21. The van der Waals surface area contributed by atoms with Gasteiger partial charge in [0.25, 0.3) is 0 Å². The van der Waals surface area contributed by atoms with E-state index in [1.807, 2.05) is 76.2 Å². The molecule has 0 aliphatic heterocycles. The highest BCUT2D eigenvalue weighted by molar-refractivity contribution is 6.00. The molecule has 5 heteroatoms. The minimum absolute atomic E-state index is 0.553. The number of rotatable bonds is 4. The molecule has 0 spiro atoms. The van der Waals surface area contributed by atoms with Gasteiger partial charge in [-0.15, -0.1) is 0 Å². The van der Waals surface area contributed by atoms with E-state index in [4.69, 9.17) is 0 Å². The molecule has 0 unspecified atom stereocenters. The Morgan fingerprint density at radius 1 is 0.692 bits per heavy atom. The van der Waals surface area contributed by atoms with Crippen LogP contribution in [0.2, 0.25) is 0 Å². The molecule has 0 aliphatic rings. The lowest BCUT2D eigenvalue weighted by Crippen LogP contribution is -2.10. The Bertz CT molecular complexity index is 912. The molecule has 0 fully saturated rings. The molecule has 3 rings (SSSR count). The van der Waals surface area contributed by atoms with Crippen LogP contribution in [0, 0.1) is 13.8 Å². The second-order valence-electron chi connectivity index (χ2n) is 6.10. The molecule has 5 nitrogen and oxygen atoms in total. The van der Waals surface area contributed by atoms with E-state index >= 15 is 0 Å². The summed E-state index contributed by atoms with van der Waals surface area (Å²) in [5.41, 5.74) is 5.53. The smallest absolute Gasteiger partial charge is 0.177 e. The third-order valence-corrected chi connectivity index (χ3v) is 4.03. The zero-order chi connectivity index (χ0) is 18.5. The molecule has 0 radical (unpaired) electrons. The molecule has 1 aromatic heterocycles. The third-order valence-electron chi connectivity index (χ3n) is 4.03. The van der Waals surface area contributed by atoms with Gasteiger partial charge in [-0.2, -0.15) is 0 Å². The van der Waals surface area contributed by atoms with Crippen LogP contribution >= 0.6 is 0 Å². The van der Waals surface area contributed by atoms with Crippen LogP contribution in [0.5, 0.6) is 0 Å². The van der Waals surface area contributed by atoms with E-state index in [9.17, 15) is 0 Å². The van der Waals surface area contributed by atoms with Crippen LogP contribution < -0.4 is 0 Å². The average Bonchev–Trinajstić information content (AvgIpc) is 2.65. The summed E-state index contributed by atoms with van der Waals surface area (Å²) >= 11 is 0. The van der Waals surface area contributed by atoms with E-state index in [0.717, 1.165) is 33.9 Å². The summed E-state index contributed by atoms with van der Waals surface area (Å²) in [5, 5.41) is 0. The van der Waals surface area contributed by atoms with Crippen LogP contribution in [-0.2, 0) is 0 Å². The van der Waals surface area contributed by atoms with Crippen molar-refractivity contribution in [3.05, 3.63) is 77.6 Å². The minimum Gasteiger partial charge on any atom is -0.250 e. The molecule has 0 saturated carbocycles. The number of benzene rings is 2. The summed E-state index contributed by atoms with van der Waals surface area (Å²) in [5.74, 6) is 1.11. The zero-order valence-electron chi connectivity index (χ0n) is 15.4. The lowest BCUT2D eigenvalue weighted by Gasteiger charge is -2.05.